The van der Waals surface area contributed by atoms with Crippen LogP contribution in [0.2, 0.25) is 0 Å². The molecular weight excluding hydrogens is 391 g/mol. The van der Waals surface area contributed by atoms with Gasteiger partial charge in [0.2, 0.25) is 0 Å². The molecule has 0 bridgehead atoms. The Morgan fingerprint density at radius 1 is 1.11 bits per heavy atom. The van der Waals surface area contributed by atoms with E-state index >= 15 is 0 Å². The van der Waals surface area contributed by atoms with Crippen molar-refractivity contribution >= 4 is 31.9 Å². The lowest BCUT2D eigenvalue weighted by Crippen LogP contribution is -2.14. The average molecular weight is 399 g/mol. The molecule has 2 rings (SSSR count). The highest BCUT2D eigenvalue weighted by molar-refractivity contribution is 9.10. The maximum atomic E-state index is 12.8. The predicted molar refractivity (Wildman–Crippen MR) is 71.6 cm³/mol. The second kappa shape index (κ2) is 5.30. The van der Waals surface area contributed by atoms with Gasteiger partial charge in [-0.15, -0.1) is 0 Å². The second-order valence-electron chi connectivity index (χ2n) is 3.85. The van der Waals surface area contributed by atoms with Gasteiger partial charge in [-0.1, -0.05) is 22.0 Å². The number of furan rings is 1. The monoisotopic (exact) mass is 397 g/mol. The van der Waals surface area contributed by atoms with E-state index in [0.717, 1.165) is 6.07 Å². The lowest BCUT2D eigenvalue weighted by atomic mass is 10.0. The Morgan fingerprint density at radius 2 is 1.79 bits per heavy atom. The fraction of sp³-hybridized carbons (Fsp3) is 0.167. The van der Waals surface area contributed by atoms with Crippen molar-refractivity contribution in [2.24, 2.45) is 5.73 Å². The van der Waals surface area contributed by atoms with Crippen molar-refractivity contribution in [2.75, 3.05) is 0 Å². The highest BCUT2D eigenvalue weighted by Gasteiger charge is 2.33. The van der Waals surface area contributed by atoms with Gasteiger partial charge in [-0.25, -0.2) is 0 Å². The van der Waals surface area contributed by atoms with Gasteiger partial charge in [0.1, 0.15) is 5.76 Å². The normalized spacial score (nSPS) is 13.6. The number of nitrogens with two attached hydrogens (primary N) is 1. The van der Waals surface area contributed by atoms with Crippen LogP contribution < -0.4 is 5.73 Å². The maximum Gasteiger partial charge on any atom is 0.417 e. The minimum Gasteiger partial charge on any atom is -0.466 e. The van der Waals surface area contributed by atoms with Gasteiger partial charge in [-0.05, 0) is 39.7 Å². The molecule has 7 heteroatoms. The van der Waals surface area contributed by atoms with Crippen LogP contribution in [0, 0.1) is 0 Å². The largest absolute Gasteiger partial charge is 0.466 e. The molecule has 1 atom stereocenters. The molecule has 0 fully saturated rings. The average Bonchev–Trinajstić information content (AvgIpc) is 2.73. The number of halogens is 5. The van der Waals surface area contributed by atoms with Crippen LogP contribution in [0.5, 0.6) is 0 Å². The topological polar surface area (TPSA) is 39.2 Å². The molecule has 2 aromatic rings. The molecule has 1 aromatic heterocycles. The van der Waals surface area contributed by atoms with Gasteiger partial charge in [-0.3, -0.25) is 0 Å². The summed E-state index contributed by atoms with van der Waals surface area (Å²) in [5.41, 5.74) is 5.48. The summed E-state index contributed by atoms with van der Waals surface area (Å²) >= 11 is 6.12. The van der Waals surface area contributed by atoms with E-state index in [1.165, 1.54) is 18.4 Å². The smallest absolute Gasteiger partial charge is 0.417 e. The molecule has 0 amide bonds. The van der Waals surface area contributed by atoms with E-state index in [1.54, 1.807) is 6.07 Å². The molecule has 19 heavy (non-hydrogen) atoms. The van der Waals surface area contributed by atoms with Crippen molar-refractivity contribution in [3.8, 4) is 0 Å². The molecule has 0 radical (unpaired) electrons. The van der Waals surface area contributed by atoms with Crippen LogP contribution in [0.4, 0.5) is 13.2 Å². The second-order valence-corrected chi connectivity index (χ2v) is 5.56. The molecule has 1 heterocycles. The van der Waals surface area contributed by atoms with E-state index in [9.17, 15) is 13.2 Å². The Bertz CT molecular complexity index is 595. The number of rotatable bonds is 2. The zero-order valence-corrected chi connectivity index (χ0v) is 12.5. The van der Waals surface area contributed by atoms with Crippen LogP contribution in [0.25, 0.3) is 0 Å². The third-order valence-corrected chi connectivity index (χ3v) is 3.93. The number of alkyl halides is 3. The van der Waals surface area contributed by atoms with E-state index < -0.39 is 17.8 Å². The van der Waals surface area contributed by atoms with Gasteiger partial charge in [0.25, 0.3) is 0 Å². The van der Waals surface area contributed by atoms with E-state index in [1.807, 2.05) is 0 Å². The van der Waals surface area contributed by atoms with Crippen molar-refractivity contribution in [3.05, 3.63) is 56.4 Å². The van der Waals surface area contributed by atoms with Crippen LogP contribution in [-0.4, -0.2) is 0 Å². The van der Waals surface area contributed by atoms with E-state index in [0.29, 0.717) is 15.8 Å². The molecule has 1 unspecified atom stereocenters. The van der Waals surface area contributed by atoms with E-state index in [2.05, 4.69) is 31.9 Å². The van der Waals surface area contributed by atoms with E-state index in [-0.39, 0.29) is 4.47 Å². The lowest BCUT2D eigenvalue weighted by Gasteiger charge is -2.14. The Balaban J connectivity index is 2.44. The summed E-state index contributed by atoms with van der Waals surface area (Å²) in [5.74, 6) is 0.385. The SMILES string of the molecule is NC(c1ccc(Br)c(C(F)(F)F)c1)c1occc1Br. The fourth-order valence-corrected chi connectivity index (χ4v) is 2.55. The first kappa shape index (κ1) is 14.6. The van der Waals surface area contributed by atoms with Crippen LogP contribution in [0.1, 0.15) is 22.9 Å². The first-order chi connectivity index (χ1) is 8.80. The van der Waals surface area contributed by atoms with Gasteiger partial charge in [0.15, 0.2) is 0 Å². The molecule has 2 nitrogen and oxygen atoms in total. The van der Waals surface area contributed by atoms with Crippen molar-refractivity contribution in [3.63, 3.8) is 0 Å². The molecular formula is C12H8Br2F3NO. The first-order valence-corrected chi connectivity index (χ1v) is 6.74. The minimum atomic E-state index is -4.44. The quantitative estimate of drug-likeness (QED) is 0.783. The van der Waals surface area contributed by atoms with Gasteiger partial charge in [0, 0.05) is 4.47 Å². The number of hydrogen-bond acceptors (Lipinski definition) is 2. The van der Waals surface area contributed by atoms with Crippen LogP contribution in [-0.2, 0) is 6.18 Å². The van der Waals surface area contributed by atoms with Gasteiger partial charge < -0.3 is 10.2 Å². The lowest BCUT2D eigenvalue weighted by molar-refractivity contribution is -0.138. The number of hydrogen-bond donors (Lipinski definition) is 1. The molecule has 0 spiro atoms. The highest BCUT2D eigenvalue weighted by Crippen LogP contribution is 2.37. The molecule has 102 valence electrons. The summed E-state index contributed by atoms with van der Waals surface area (Å²) in [6.45, 7) is 0. The predicted octanol–water partition coefficient (Wildman–Crippen LogP) is 4.87. The fourth-order valence-electron chi connectivity index (χ4n) is 1.63. The van der Waals surface area contributed by atoms with E-state index in [4.69, 9.17) is 10.2 Å². The Morgan fingerprint density at radius 3 is 2.32 bits per heavy atom. The summed E-state index contributed by atoms with van der Waals surface area (Å²) in [7, 11) is 0. The molecule has 1 aromatic carbocycles. The summed E-state index contributed by atoms with van der Waals surface area (Å²) in [6.07, 6.45) is -3.02. The number of benzene rings is 1. The third-order valence-electron chi connectivity index (χ3n) is 2.58. The van der Waals surface area contributed by atoms with Crippen molar-refractivity contribution < 1.29 is 17.6 Å². The standard InChI is InChI=1S/C12H8Br2F3NO/c13-8-2-1-6(5-7(8)12(15,16)17)10(18)11-9(14)3-4-19-11/h1-5,10H,18H2. The zero-order valence-electron chi connectivity index (χ0n) is 9.34. The molecule has 0 aliphatic carbocycles. The highest BCUT2D eigenvalue weighted by atomic mass is 79.9. The Labute approximate surface area is 124 Å². The molecule has 0 aliphatic rings. The van der Waals surface area contributed by atoms with Crippen LogP contribution in [0.3, 0.4) is 0 Å². The molecule has 0 saturated carbocycles. The third kappa shape index (κ3) is 3.04. The van der Waals surface area contributed by atoms with Crippen molar-refractivity contribution in [1.82, 2.24) is 0 Å². The molecule has 2 N–H and O–H groups in total. The maximum absolute atomic E-state index is 12.8. The molecule has 0 aliphatic heterocycles. The molecule has 0 saturated heterocycles. The summed E-state index contributed by atoms with van der Waals surface area (Å²) in [6, 6.07) is 4.74. The van der Waals surface area contributed by atoms with Gasteiger partial charge in [-0.2, -0.15) is 13.2 Å². The Kier molecular flexibility index (Phi) is 4.08. The van der Waals surface area contributed by atoms with Crippen molar-refractivity contribution in [1.29, 1.82) is 0 Å². The van der Waals surface area contributed by atoms with Crippen molar-refractivity contribution in [2.45, 2.75) is 12.2 Å². The summed E-state index contributed by atoms with van der Waals surface area (Å²) in [4.78, 5) is 0. The summed E-state index contributed by atoms with van der Waals surface area (Å²) in [5, 5.41) is 0. The van der Waals surface area contributed by atoms with Gasteiger partial charge >= 0.3 is 6.18 Å². The van der Waals surface area contributed by atoms with Crippen LogP contribution in [0.15, 0.2) is 43.9 Å². The minimum absolute atomic E-state index is 0.0190. The van der Waals surface area contributed by atoms with Crippen LogP contribution >= 0.6 is 31.9 Å². The van der Waals surface area contributed by atoms with Gasteiger partial charge in [0.05, 0.1) is 22.3 Å². The summed E-state index contributed by atoms with van der Waals surface area (Å²) < 4.78 is 44.2. The first-order valence-electron chi connectivity index (χ1n) is 5.16. The zero-order chi connectivity index (χ0) is 14.2. The Hall–Kier alpha value is -0.790.